The summed E-state index contributed by atoms with van der Waals surface area (Å²) >= 11 is 0. The molecule has 1 rings (SSSR count). The molecular formula is C13H26N2. The van der Waals surface area contributed by atoms with Crippen molar-refractivity contribution in [2.24, 2.45) is 5.41 Å². The molecule has 0 aromatic carbocycles. The highest BCUT2D eigenvalue weighted by Gasteiger charge is 2.32. The van der Waals surface area contributed by atoms with Gasteiger partial charge in [0.05, 0.1) is 0 Å². The van der Waals surface area contributed by atoms with Crippen LogP contribution < -0.4 is 5.32 Å². The van der Waals surface area contributed by atoms with Gasteiger partial charge in [-0.3, -0.25) is 4.90 Å². The van der Waals surface area contributed by atoms with Gasteiger partial charge in [-0.2, -0.15) is 0 Å². The minimum absolute atomic E-state index is 0.345. The van der Waals surface area contributed by atoms with Crippen LogP contribution in [0.1, 0.15) is 34.1 Å². The maximum absolute atomic E-state index is 3.85. The van der Waals surface area contributed by atoms with Gasteiger partial charge in [-0.15, -0.1) is 6.58 Å². The molecule has 1 fully saturated rings. The van der Waals surface area contributed by atoms with Gasteiger partial charge in [0.25, 0.3) is 0 Å². The molecule has 1 saturated heterocycles. The Kier molecular flexibility index (Phi) is 4.35. The predicted molar refractivity (Wildman–Crippen MR) is 67.1 cm³/mol. The van der Waals surface area contributed by atoms with E-state index in [1.807, 2.05) is 6.08 Å². The lowest BCUT2D eigenvalue weighted by molar-refractivity contribution is 0.0939. The van der Waals surface area contributed by atoms with Gasteiger partial charge < -0.3 is 5.32 Å². The Morgan fingerprint density at radius 3 is 2.60 bits per heavy atom. The van der Waals surface area contributed by atoms with Crippen LogP contribution in [0.25, 0.3) is 0 Å². The molecule has 0 aliphatic carbocycles. The summed E-state index contributed by atoms with van der Waals surface area (Å²) in [7, 11) is 0. The topological polar surface area (TPSA) is 15.3 Å². The van der Waals surface area contributed by atoms with E-state index in [1.165, 1.54) is 6.42 Å². The van der Waals surface area contributed by atoms with Crippen molar-refractivity contribution in [1.82, 2.24) is 10.2 Å². The van der Waals surface area contributed by atoms with Crippen LogP contribution in [0.4, 0.5) is 0 Å². The van der Waals surface area contributed by atoms with Crippen molar-refractivity contribution in [2.45, 2.75) is 46.2 Å². The summed E-state index contributed by atoms with van der Waals surface area (Å²) in [6.07, 6.45) is 3.24. The SMILES string of the molecule is C=CCN1CC(C(C)(C)C)NCC1CC. The quantitative estimate of drug-likeness (QED) is 0.719. The van der Waals surface area contributed by atoms with Gasteiger partial charge in [0.2, 0.25) is 0 Å². The summed E-state index contributed by atoms with van der Waals surface area (Å²) in [5, 5.41) is 3.67. The fourth-order valence-electron chi connectivity index (χ4n) is 2.23. The van der Waals surface area contributed by atoms with Gasteiger partial charge in [-0.05, 0) is 11.8 Å². The molecule has 0 saturated carbocycles. The summed E-state index contributed by atoms with van der Waals surface area (Å²) in [5.41, 5.74) is 0.345. The maximum atomic E-state index is 3.85. The molecule has 0 aromatic rings. The number of piperazine rings is 1. The van der Waals surface area contributed by atoms with E-state index in [0.29, 0.717) is 17.5 Å². The van der Waals surface area contributed by atoms with Gasteiger partial charge >= 0.3 is 0 Å². The Bertz CT molecular complexity index is 205. The zero-order valence-electron chi connectivity index (χ0n) is 10.7. The summed E-state index contributed by atoms with van der Waals surface area (Å²) in [4.78, 5) is 2.55. The Morgan fingerprint density at radius 1 is 1.47 bits per heavy atom. The smallest absolute Gasteiger partial charge is 0.0244 e. The van der Waals surface area contributed by atoms with Gasteiger partial charge in [0.15, 0.2) is 0 Å². The highest BCUT2D eigenvalue weighted by Crippen LogP contribution is 2.24. The number of rotatable bonds is 3. The molecule has 2 unspecified atom stereocenters. The molecule has 1 aliphatic heterocycles. The first-order valence-electron chi connectivity index (χ1n) is 6.07. The van der Waals surface area contributed by atoms with Crippen molar-refractivity contribution in [3.05, 3.63) is 12.7 Å². The number of hydrogen-bond acceptors (Lipinski definition) is 2. The number of nitrogens with one attached hydrogen (secondary N) is 1. The van der Waals surface area contributed by atoms with Gasteiger partial charge in [-0.25, -0.2) is 0 Å². The maximum Gasteiger partial charge on any atom is 0.0244 e. The molecule has 1 aliphatic rings. The standard InChI is InChI=1S/C13H26N2/c1-6-8-15-10-12(13(3,4)5)14-9-11(15)7-2/h6,11-12,14H,1,7-10H2,2-5H3. The Morgan fingerprint density at radius 2 is 2.13 bits per heavy atom. The van der Waals surface area contributed by atoms with Gasteiger partial charge in [0.1, 0.15) is 0 Å². The Hall–Kier alpha value is -0.340. The summed E-state index contributed by atoms with van der Waals surface area (Å²) in [5.74, 6) is 0. The molecule has 2 atom stereocenters. The molecule has 2 heteroatoms. The van der Waals surface area contributed by atoms with Crippen molar-refractivity contribution in [3.8, 4) is 0 Å². The second kappa shape index (κ2) is 5.13. The van der Waals surface area contributed by atoms with Crippen LogP contribution in [-0.4, -0.2) is 36.6 Å². The molecule has 2 nitrogen and oxygen atoms in total. The average Bonchev–Trinajstić information content (AvgIpc) is 2.17. The van der Waals surface area contributed by atoms with E-state index in [0.717, 1.165) is 19.6 Å². The largest absolute Gasteiger partial charge is 0.311 e. The number of nitrogens with zero attached hydrogens (tertiary/aromatic N) is 1. The lowest BCUT2D eigenvalue weighted by Gasteiger charge is -2.44. The van der Waals surface area contributed by atoms with E-state index in [2.05, 4.69) is 44.5 Å². The molecule has 0 bridgehead atoms. The first kappa shape index (κ1) is 12.7. The van der Waals surface area contributed by atoms with Gasteiger partial charge in [-0.1, -0.05) is 33.8 Å². The monoisotopic (exact) mass is 210 g/mol. The first-order chi connectivity index (χ1) is 6.99. The molecule has 0 aromatic heterocycles. The fraction of sp³-hybridized carbons (Fsp3) is 0.846. The third-order valence-electron chi connectivity index (χ3n) is 3.41. The fourth-order valence-corrected chi connectivity index (χ4v) is 2.23. The summed E-state index contributed by atoms with van der Waals surface area (Å²) in [6.45, 7) is 16.3. The molecule has 88 valence electrons. The zero-order valence-corrected chi connectivity index (χ0v) is 10.7. The van der Waals surface area contributed by atoms with Crippen LogP contribution in [-0.2, 0) is 0 Å². The van der Waals surface area contributed by atoms with Crippen LogP contribution in [0.3, 0.4) is 0 Å². The van der Waals surface area contributed by atoms with E-state index >= 15 is 0 Å². The predicted octanol–water partition coefficient (Wildman–Crippen LogP) is 2.27. The summed E-state index contributed by atoms with van der Waals surface area (Å²) in [6, 6.07) is 1.28. The molecular weight excluding hydrogens is 184 g/mol. The third-order valence-corrected chi connectivity index (χ3v) is 3.41. The molecule has 0 spiro atoms. The zero-order chi connectivity index (χ0) is 11.5. The van der Waals surface area contributed by atoms with E-state index in [9.17, 15) is 0 Å². The molecule has 15 heavy (non-hydrogen) atoms. The molecule has 0 amide bonds. The van der Waals surface area contributed by atoms with Crippen molar-refractivity contribution in [2.75, 3.05) is 19.6 Å². The van der Waals surface area contributed by atoms with E-state index < -0.39 is 0 Å². The minimum atomic E-state index is 0.345. The second-order valence-electron chi connectivity index (χ2n) is 5.63. The van der Waals surface area contributed by atoms with Crippen molar-refractivity contribution in [3.63, 3.8) is 0 Å². The van der Waals surface area contributed by atoms with E-state index in [4.69, 9.17) is 0 Å². The Balaban J connectivity index is 2.61. The van der Waals surface area contributed by atoms with E-state index in [1.54, 1.807) is 0 Å². The normalized spacial score (nSPS) is 29.1. The summed E-state index contributed by atoms with van der Waals surface area (Å²) < 4.78 is 0. The van der Waals surface area contributed by atoms with Crippen molar-refractivity contribution < 1.29 is 0 Å². The van der Waals surface area contributed by atoms with Gasteiger partial charge in [0, 0.05) is 31.7 Å². The lowest BCUT2D eigenvalue weighted by atomic mass is 9.84. The average molecular weight is 210 g/mol. The minimum Gasteiger partial charge on any atom is -0.311 e. The highest BCUT2D eigenvalue weighted by molar-refractivity contribution is 4.93. The van der Waals surface area contributed by atoms with Crippen LogP contribution in [0.15, 0.2) is 12.7 Å². The van der Waals surface area contributed by atoms with Crippen LogP contribution in [0, 0.1) is 5.41 Å². The van der Waals surface area contributed by atoms with E-state index in [-0.39, 0.29) is 0 Å². The first-order valence-corrected chi connectivity index (χ1v) is 6.07. The van der Waals surface area contributed by atoms with Crippen LogP contribution in [0.2, 0.25) is 0 Å². The second-order valence-corrected chi connectivity index (χ2v) is 5.63. The van der Waals surface area contributed by atoms with Crippen LogP contribution in [0.5, 0.6) is 0 Å². The number of hydrogen-bond donors (Lipinski definition) is 1. The van der Waals surface area contributed by atoms with Crippen molar-refractivity contribution in [1.29, 1.82) is 0 Å². The molecule has 1 heterocycles. The Labute approximate surface area is 94.7 Å². The molecule has 0 radical (unpaired) electrons. The van der Waals surface area contributed by atoms with Crippen molar-refractivity contribution >= 4 is 0 Å². The highest BCUT2D eigenvalue weighted by atomic mass is 15.2. The molecule has 1 N–H and O–H groups in total. The lowest BCUT2D eigenvalue weighted by Crippen LogP contribution is -2.60. The third kappa shape index (κ3) is 3.32. The van der Waals surface area contributed by atoms with Crippen LogP contribution >= 0.6 is 0 Å².